The molecule has 11 rings (SSSR count). The van der Waals surface area contributed by atoms with Gasteiger partial charge in [-0.1, -0.05) is 172 Å². The van der Waals surface area contributed by atoms with Gasteiger partial charge in [-0.2, -0.15) is 0 Å². The van der Waals surface area contributed by atoms with E-state index in [1.807, 2.05) is 0 Å². The Bertz CT molecular complexity index is 3330. The van der Waals surface area contributed by atoms with E-state index in [1.54, 1.807) is 0 Å². The van der Waals surface area contributed by atoms with Gasteiger partial charge in [-0.15, -0.1) is 0 Å². The van der Waals surface area contributed by atoms with Gasteiger partial charge in [0.15, 0.2) is 0 Å². The summed E-state index contributed by atoms with van der Waals surface area (Å²) < 4.78 is 0. The van der Waals surface area contributed by atoms with Crippen LogP contribution in [0.15, 0.2) is 127 Å². The van der Waals surface area contributed by atoms with Crippen molar-refractivity contribution in [2.24, 2.45) is 5.92 Å². The first-order valence-electron chi connectivity index (χ1n) is 21.8. The second kappa shape index (κ2) is 12.2. The van der Waals surface area contributed by atoms with Crippen LogP contribution in [0.2, 0.25) is 0 Å². The molecule has 10 aromatic carbocycles. The van der Waals surface area contributed by atoms with Crippen LogP contribution in [0.3, 0.4) is 0 Å². The third-order valence-electron chi connectivity index (χ3n) is 14.0. The van der Waals surface area contributed by atoms with E-state index in [0.717, 1.165) is 6.42 Å². The lowest BCUT2D eigenvalue weighted by Gasteiger charge is -2.24. The van der Waals surface area contributed by atoms with Crippen LogP contribution in [-0.4, -0.2) is 0 Å². The van der Waals surface area contributed by atoms with Crippen LogP contribution in [-0.2, 0) is 22.7 Å². The summed E-state index contributed by atoms with van der Waals surface area (Å²) in [6.45, 7) is 23.5. The molecular formula is C59H54. The Morgan fingerprint density at radius 3 is 1.47 bits per heavy atom. The van der Waals surface area contributed by atoms with E-state index >= 15 is 0 Å². The highest BCUT2D eigenvalue weighted by atomic mass is 14.4. The van der Waals surface area contributed by atoms with Gasteiger partial charge in [0, 0.05) is 5.41 Å². The van der Waals surface area contributed by atoms with Gasteiger partial charge >= 0.3 is 0 Å². The summed E-state index contributed by atoms with van der Waals surface area (Å²) in [5, 5.41) is 16.3. The first-order valence-corrected chi connectivity index (χ1v) is 21.8. The lowest BCUT2D eigenvalue weighted by atomic mass is 9.79. The minimum absolute atomic E-state index is 0.0376. The molecule has 1 aliphatic carbocycles. The first-order chi connectivity index (χ1) is 28.0. The molecule has 0 saturated heterocycles. The van der Waals surface area contributed by atoms with Gasteiger partial charge in [-0.3, -0.25) is 0 Å². The lowest BCUT2D eigenvalue weighted by molar-refractivity contribution is 0.591. The molecule has 0 atom stereocenters. The number of benzene rings is 10. The Labute approximate surface area is 349 Å². The molecule has 0 N–H and O–H groups in total. The molecule has 1 aliphatic rings. The molecule has 0 aromatic heterocycles. The van der Waals surface area contributed by atoms with Crippen LogP contribution < -0.4 is 0 Å². The summed E-state index contributed by atoms with van der Waals surface area (Å²) in [4.78, 5) is 0. The maximum Gasteiger partial charge on any atom is 0.0159 e. The third kappa shape index (κ3) is 5.41. The summed E-state index contributed by atoms with van der Waals surface area (Å²) in [6.07, 6.45) is 1.08. The van der Waals surface area contributed by atoms with Crippen molar-refractivity contribution in [3.05, 3.63) is 155 Å². The molecule has 0 heterocycles. The lowest BCUT2D eigenvalue weighted by Crippen LogP contribution is -2.15. The van der Waals surface area contributed by atoms with Gasteiger partial charge in [0.25, 0.3) is 0 Å². The third-order valence-corrected chi connectivity index (χ3v) is 14.0. The molecule has 290 valence electrons. The maximum absolute atomic E-state index is 2.53. The maximum atomic E-state index is 2.53. The fourth-order valence-corrected chi connectivity index (χ4v) is 10.8. The number of hydrogen-bond donors (Lipinski definition) is 0. The molecule has 0 saturated carbocycles. The quantitative estimate of drug-likeness (QED) is 0.157. The topological polar surface area (TPSA) is 0 Å². The SMILES string of the molecule is CC(C)Cc1cc2ccc3cc(C(C)(C)C)cc4c(-c5ccc6c(c5)C(C)(C)c5cc(-c7ccc8ccc9cc(C(C)(C)C)cc%10ccc7c8c9%10)ccc5-6)cc(c1)c2c34. The van der Waals surface area contributed by atoms with E-state index in [9.17, 15) is 0 Å². The van der Waals surface area contributed by atoms with Crippen molar-refractivity contribution < 1.29 is 0 Å². The summed E-state index contributed by atoms with van der Waals surface area (Å²) in [5.74, 6) is 0.605. The standard InChI is InChI=1S/C59H54/c1-33(2)23-34-24-38-13-14-41-28-44(58(6,7)8)32-50-49(29-42(25-34)54(38)56(41)50)37-17-21-47-46-20-16-36(30-51(46)59(9,10)52(47)31-37)45-19-15-35-11-12-39-26-43(57(3,4)5)27-40-18-22-48(45)55(35)53(39)40/h11-22,24-33H,23H2,1-10H3. The zero-order valence-corrected chi connectivity index (χ0v) is 36.4. The van der Waals surface area contributed by atoms with E-state index in [-0.39, 0.29) is 16.2 Å². The number of hydrogen-bond acceptors (Lipinski definition) is 0. The van der Waals surface area contributed by atoms with Gasteiger partial charge in [-0.25, -0.2) is 0 Å². The Morgan fingerprint density at radius 2 is 0.864 bits per heavy atom. The van der Waals surface area contributed by atoms with Crippen LogP contribution in [0, 0.1) is 5.92 Å². The van der Waals surface area contributed by atoms with Crippen LogP contribution in [0.25, 0.3) is 98.0 Å². The minimum Gasteiger partial charge on any atom is -0.0625 e. The van der Waals surface area contributed by atoms with Gasteiger partial charge in [-0.05, 0) is 173 Å². The smallest absolute Gasteiger partial charge is 0.0159 e. The molecule has 0 heteroatoms. The monoisotopic (exact) mass is 762 g/mol. The largest absolute Gasteiger partial charge is 0.0625 e. The van der Waals surface area contributed by atoms with Gasteiger partial charge in [0.2, 0.25) is 0 Å². The van der Waals surface area contributed by atoms with Crippen molar-refractivity contribution in [2.75, 3.05) is 0 Å². The van der Waals surface area contributed by atoms with Crippen LogP contribution in [0.1, 0.15) is 97.1 Å². The van der Waals surface area contributed by atoms with Gasteiger partial charge in [0.1, 0.15) is 0 Å². The summed E-state index contributed by atoms with van der Waals surface area (Å²) in [7, 11) is 0. The van der Waals surface area contributed by atoms with Crippen molar-refractivity contribution in [3.63, 3.8) is 0 Å². The van der Waals surface area contributed by atoms with E-state index in [4.69, 9.17) is 0 Å². The summed E-state index contributed by atoms with van der Waals surface area (Å²) in [5.41, 5.74) is 14.9. The van der Waals surface area contributed by atoms with Gasteiger partial charge in [0.05, 0.1) is 0 Å². The molecule has 0 amide bonds. The molecular weight excluding hydrogens is 709 g/mol. The molecule has 0 nitrogen and oxygen atoms in total. The van der Waals surface area contributed by atoms with Crippen molar-refractivity contribution in [2.45, 2.75) is 91.9 Å². The Kier molecular flexibility index (Phi) is 7.50. The molecule has 0 spiro atoms. The zero-order valence-electron chi connectivity index (χ0n) is 36.4. The fraction of sp³-hybridized carbons (Fsp3) is 0.254. The highest BCUT2D eigenvalue weighted by Gasteiger charge is 2.36. The van der Waals surface area contributed by atoms with E-state index in [0.29, 0.717) is 5.92 Å². The highest BCUT2D eigenvalue weighted by Crippen LogP contribution is 2.52. The second-order valence-electron chi connectivity index (χ2n) is 21.0. The number of fused-ring (bicyclic) bond motifs is 3. The summed E-state index contributed by atoms with van der Waals surface area (Å²) >= 11 is 0. The molecule has 0 bridgehead atoms. The molecule has 59 heavy (non-hydrogen) atoms. The Hall–Kier alpha value is -5.72. The average molecular weight is 763 g/mol. The number of rotatable bonds is 4. The summed E-state index contributed by atoms with van der Waals surface area (Å²) in [6, 6.07) is 50.6. The van der Waals surface area contributed by atoms with Crippen LogP contribution in [0.4, 0.5) is 0 Å². The molecule has 0 unspecified atom stereocenters. The first kappa shape index (κ1) is 36.4. The fourth-order valence-electron chi connectivity index (χ4n) is 10.8. The molecule has 0 aliphatic heterocycles. The molecule has 0 fully saturated rings. The van der Waals surface area contributed by atoms with E-state index in [2.05, 4.69) is 197 Å². The van der Waals surface area contributed by atoms with Crippen molar-refractivity contribution in [3.8, 4) is 33.4 Å². The molecule has 0 radical (unpaired) electrons. The average Bonchev–Trinajstić information content (AvgIpc) is 3.42. The van der Waals surface area contributed by atoms with E-state index in [1.165, 1.54) is 126 Å². The Balaban J connectivity index is 1.07. The van der Waals surface area contributed by atoms with Crippen LogP contribution >= 0.6 is 0 Å². The van der Waals surface area contributed by atoms with Crippen molar-refractivity contribution >= 4 is 64.6 Å². The zero-order chi connectivity index (χ0) is 40.9. The second-order valence-corrected chi connectivity index (χ2v) is 21.0. The van der Waals surface area contributed by atoms with Crippen molar-refractivity contribution in [1.82, 2.24) is 0 Å². The predicted molar refractivity (Wildman–Crippen MR) is 258 cm³/mol. The highest BCUT2D eigenvalue weighted by molar-refractivity contribution is 6.27. The normalized spacial score (nSPS) is 14.3. The predicted octanol–water partition coefficient (Wildman–Crippen LogP) is 16.9. The van der Waals surface area contributed by atoms with Crippen LogP contribution in [0.5, 0.6) is 0 Å². The minimum atomic E-state index is -0.163. The van der Waals surface area contributed by atoms with Crippen molar-refractivity contribution in [1.29, 1.82) is 0 Å². The van der Waals surface area contributed by atoms with E-state index < -0.39 is 0 Å². The van der Waals surface area contributed by atoms with Gasteiger partial charge < -0.3 is 0 Å². The Morgan fingerprint density at radius 1 is 0.407 bits per heavy atom. The molecule has 10 aromatic rings.